The van der Waals surface area contributed by atoms with Crippen molar-refractivity contribution in [2.24, 2.45) is 0 Å². The molecule has 0 fully saturated rings. The lowest BCUT2D eigenvalue weighted by atomic mass is 10.1. The van der Waals surface area contributed by atoms with E-state index in [1.54, 1.807) is 0 Å². The Morgan fingerprint density at radius 3 is 2.61 bits per heavy atom. The molecule has 1 atom stereocenters. The van der Waals surface area contributed by atoms with E-state index in [-0.39, 0.29) is 0 Å². The SMILES string of the molecule is CCNC(C)c1ccc(N2CCC=C(C)C2)cc1. The number of nitrogens with zero attached hydrogens (tertiary/aromatic N) is 1. The highest BCUT2D eigenvalue weighted by Gasteiger charge is 2.11. The summed E-state index contributed by atoms with van der Waals surface area (Å²) in [6.07, 6.45) is 3.51. The molecule has 0 amide bonds. The van der Waals surface area contributed by atoms with Crippen molar-refractivity contribution in [2.45, 2.75) is 33.2 Å². The molecule has 1 aliphatic rings. The van der Waals surface area contributed by atoms with Crippen LogP contribution in [-0.4, -0.2) is 19.6 Å². The summed E-state index contributed by atoms with van der Waals surface area (Å²) in [6, 6.07) is 9.43. The molecule has 0 saturated carbocycles. The Balaban J connectivity index is 2.05. The smallest absolute Gasteiger partial charge is 0.0386 e. The van der Waals surface area contributed by atoms with Gasteiger partial charge in [-0.1, -0.05) is 30.7 Å². The molecule has 1 unspecified atom stereocenters. The number of rotatable bonds is 4. The van der Waals surface area contributed by atoms with E-state index in [0.717, 1.165) is 19.6 Å². The second kappa shape index (κ2) is 6.05. The zero-order valence-electron chi connectivity index (χ0n) is 11.7. The molecule has 1 N–H and O–H groups in total. The Hall–Kier alpha value is -1.28. The van der Waals surface area contributed by atoms with E-state index in [1.165, 1.54) is 23.2 Å². The fraction of sp³-hybridized carbons (Fsp3) is 0.500. The highest BCUT2D eigenvalue weighted by Crippen LogP contribution is 2.22. The standard InChI is InChI=1S/C16H24N2/c1-4-17-14(3)15-7-9-16(10-8-15)18-11-5-6-13(2)12-18/h6-10,14,17H,4-5,11-12H2,1-3H3. The fourth-order valence-corrected chi connectivity index (χ4v) is 2.53. The van der Waals surface area contributed by atoms with E-state index in [9.17, 15) is 0 Å². The molecular weight excluding hydrogens is 220 g/mol. The summed E-state index contributed by atoms with van der Waals surface area (Å²) in [6.45, 7) is 9.80. The average Bonchev–Trinajstić information content (AvgIpc) is 2.39. The maximum atomic E-state index is 3.45. The lowest BCUT2D eigenvalue weighted by molar-refractivity contribution is 0.598. The van der Waals surface area contributed by atoms with Crippen LogP contribution in [0.15, 0.2) is 35.9 Å². The molecule has 98 valence electrons. The number of anilines is 1. The second-order valence-electron chi connectivity index (χ2n) is 5.13. The third kappa shape index (κ3) is 3.14. The Labute approximate surface area is 111 Å². The van der Waals surface area contributed by atoms with Gasteiger partial charge in [0.1, 0.15) is 0 Å². The molecule has 18 heavy (non-hydrogen) atoms. The van der Waals surface area contributed by atoms with Crippen LogP contribution in [0.25, 0.3) is 0 Å². The lowest BCUT2D eigenvalue weighted by Gasteiger charge is -2.28. The molecule has 0 aliphatic carbocycles. The van der Waals surface area contributed by atoms with Gasteiger partial charge in [-0.15, -0.1) is 0 Å². The van der Waals surface area contributed by atoms with Crippen molar-refractivity contribution in [3.63, 3.8) is 0 Å². The van der Waals surface area contributed by atoms with Crippen LogP contribution >= 0.6 is 0 Å². The van der Waals surface area contributed by atoms with Crippen LogP contribution in [0.2, 0.25) is 0 Å². The van der Waals surface area contributed by atoms with Crippen molar-refractivity contribution < 1.29 is 0 Å². The first kappa shape index (κ1) is 13.2. The average molecular weight is 244 g/mol. The Morgan fingerprint density at radius 1 is 1.28 bits per heavy atom. The van der Waals surface area contributed by atoms with Crippen LogP contribution in [-0.2, 0) is 0 Å². The number of hydrogen-bond donors (Lipinski definition) is 1. The summed E-state index contributed by atoms with van der Waals surface area (Å²) in [5, 5.41) is 3.45. The lowest BCUT2D eigenvalue weighted by Crippen LogP contribution is -2.29. The second-order valence-corrected chi connectivity index (χ2v) is 5.13. The molecule has 1 aliphatic heterocycles. The molecule has 0 aromatic heterocycles. The molecule has 0 bridgehead atoms. The van der Waals surface area contributed by atoms with Gasteiger partial charge in [-0.25, -0.2) is 0 Å². The topological polar surface area (TPSA) is 15.3 Å². The van der Waals surface area contributed by atoms with Gasteiger partial charge in [-0.05, 0) is 44.5 Å². The predicted octanol–water partition coefficient (Wildman–Crippen LogP) is 3.51. The van der Waals surface area contributed by atoms with Crippen LogP contribution in [0.3, 0.4) is 0 Å². The third-order valence-electron chi connectivity index (χ3n) is 3.60. The maximum Gasteiger partial charge on any atom is 0.0386 e. The van der Waals surface area contributed by atoms with Crippen molar-refractivity contribution in [1.29, 1.82) is 0 Å². The first-order valence-corrected chi connectivity index (χ1v) is 6.94. The van der Waals surface area contributed by atoms with Crippen LogP contribution in [0.5, 0.6) is 0 Å². The van der Waals surface area contributed by atoms with Crippen molar-refractivity contribution in [3.8, 4) is 0 Å². The fourth-order valence-electron chi connectivity index (χ4n) is 2.53. The van der Waals surface area contributed by atoms with E-state index in [2.05, 4.69) is 61.3 Å². The molecule has 2 heteroatoms. The van der Waals surface area contributed by atoms with Crippen LogP contribution in [0, 0.1) is 0 Å². The first-order chi connectivity index (χ1) is 8.70. The third-order valence-corrected chi connectivity index (χ3v) is 3.60. The molecule has 1 aromatic rings. The van der Waals surface area contributed by atoms with Crippen molar-refractivity contribution in [3.05, 3.63) is 41.5 Å². The summed E-state index contributed by atoms with van der Waals surface area (Å²) in [7, 11) is 0. The van der Waals surface area contributed by atoms with Gasteiger partial charge in [0, 0.05) is 24.8 Å². The summed E-state index contributed by atoms with van der Waals surface area (Å²) in [5.74, 6) is 0. The molecule has 0 saturated heterocycles. The van der Waals surface area contributed by atoms with Crippen molar-refractivity contribution >= 4 is 5.69 Å². The summed E-state index contributed by atoms with van der Waals surface area (Å²) in [4.78, 5) is 2.46. The van der Waals surface area contributed by atoms with Gasteiger partial charge in [-0.3, -0.25) is 0 Å². The first-order valence-electron chi connectivity index (χ1n) is 6.94. The summed E-state index contributed by atoms with van der Waals surface area (Å²) in [5.41, 5.74) is 4.19. The molecule has 1 aromatic carbocycles. The van der Waals surface area contributed by atoms with E-state index in [0.29, 0.717) is 6.04 Å². The quantitative estimate of drug-likeness (QED) is 0.815. The summed E-state index contributed by atoms with van der Waals surface area (Å²) < 4.78 is 0. The molecule has 0 spiro atoms. The Kier molecular flexibility index (Phi) is 4.43. The highest BCUT2D eigenvalue weighted by molar-refractivity contribution is 5.50. The van der Waals surface area contributed by atoms with Crippen LogP contribution in [0.1, 0.15) is 38.8 Å². The minimum atomic E-state index is 0.437. The Morgan fingerprint density at radius 2 is 2.00 bits per heavy atom. The predicted molar refractivity (Wildman–Crippen MR) is 79.1 cm³/mol. The monoisotopic (exact) mass is 244 g/mol. The molecule has 2 rings (SSSR count). The van der Waals surface area contributed by atoms with Gasteiger partial charge in [0.05, 0.1) is 0 Å². The number of benzene rings is 1. The van der Waals surface area contributed by atoms with Gasteiger partial charge in [0.15, 0.2) is 0 Å². The van der Waals surface area contributed by atoms with Crippen LogP contribution in [0.4, 0.5) is 5.69 Å². The van der Waals surface area contributed by atoms with Gasteiger partial charge >= 0.3 is 0 Å². The molecule has 0 radical (unpaired) electrons. The van der Waals surface area contributed by atoms with E-state index >= 15 is 0 Å². The van der Waals surface area contributed by atoms with Gasteiger partial charge in [0.2, 0.25) is 0 Å². The van der Waals surface area contributed by atoms with E-state index < -0.39 is 0 Å². The summed E-state index contributed by atoms with van der Waals surface area (Å²) >= 11 is 0. The van der Waals surface area contributed by atoms with Crippen molar-refractivity contribution in [2.75, 3.05) is 24.5 Å². The minimum Gasteiger partial charge on any atom is -0.367 e. The largest absolute Gasteiger partial charge is 0.367 e. The normalized spacial score (nSPS) is 17.5. The zero-order chi connectivity index (χ0) is 13.0. The molecule has 1 heterocycles. The van der Waals surface area contributed by atoms with Crippen LogP contribution < -0.4 is 10.2 Å². The van der Waals surface area contributed by atoms with Gasteiger partial charge < -0.3 is 10.2 Å². The maximum absolute atomic E-state index is 3.45. The van der Waals surface area contributed by atoms with Gasteiger partial charge in [0.25, 0.3) is 0 Å². The minimum absolute atomic E-state index is 0.437. The van der Waals surface area contributed by atoms with Gasteiger partial charge in [-0.2, -0.15) is 0 Å². The number of nitrogens with one attached hydrogen (secondary N) is 1. The molecule has 2 nitrogen and oxygen atoms in total. The van der Waals surface area contributed by atoms with Crippen molar-refractivity contribution in [1.82, 2.24) is 5.32 Å². The van der Waals surface area contributed by atoms with E-state index in [4.69, 9.17) is 0 Å². The van der Waals surface area contributed by atoms with E-state index in [1.807, 2.05) is 0 Å². The molecular formula is C16H24N2. The Bertz CT molecular complexity index is 406. The highest BCUT2D eigenvalue weighted by atomic mass is 15.1. The number of hydrogen-bond acceptors (Lipinski definition) is 2. The zero-order valence-corrected chi connectivity index (χ0v) is 11.7.